The summed E-state index contributed by atoms with van der Waals surface area (Å²) in [5, 5.41) is 15.5. The molecule has 1 aliphatic rings. The van der Waals surface area contributed by atoms with Crippen LogP contribution in [0.1, 0.15) is 23.0 Å². The van der Waals surface area contributed by atoms with Crippen LogP contribution in [0.5, 0.6) is 5.75 Å². The monoisotopic (exact) mass is 322 g/mol. The number of nitrogens with zero attached hydrogens (tertiary/aromatic N) is 1. The van der Waals surface area contributed by atoms with Gasteiger partial charge in [0.1, 0.15) is 17.5 Å². The highest BCUT2D eigenvalue weighted by Crippen LogP contribution is 2.40. The predicted molar refractivity (Wildman–Crippen MR) is 72.5 cm³/mol. The molecule has 0 bridgehead atoms. The first-order valence-electron chi connectivity index (χ1n) is 5.82. The molecule has 0 saturated heterocycles. The topological polar surface area (TPSA) is 75.2 Å². The van der Waals surface area contributed by atoms with Gasteiger partial charge >= 0.3 is 5.97 Å². The van der Waals surface area contributed by atoms with E-state index in [2.05, 4.69) is 26.1 Å². The second-order valence-electron chi connectivity index (χ2n) is 4.55. The molecule has 0 saturated carbocycles. The molecule has 5 nitrogen and oxygen atoms in total. The molecular formula is C13H11BrN2O3. The van der Waals surface area contributed by atoms with Gasteiger partial charge in [-0.25, -0.2) is 4.79 Å². The molecule has 6 heteroatoms. The minimum Gasteiger partial charge on any atom is -0.489 e. The largest absolute Gasteiger partial charge is 0.489 e. The van der Waals surface area contributed by atoms with Gasteiger partial charge < -0.3 is 9.84 Å². The van der Waals surface area contributed by atoms with Gasteiger partial charge in [0.15, 0.2) is 0 Å². The van der Waals surface area contributed by atoms with E-state index in [0.29, 0.717) is 5.69 Å². The first-order valence-corrected chi connectivity index (χ1v) is 6.62. The van der Waals surface area contributed by atoms with Crippen molar-refractivity contribution in [1.29, 1.82) is 0 Å². The number of halogens is 1. The van der Waals surface area contributed by atoms with Gasteiger partial charge in [0.05, 0.1) is 5.69 Å². The lowest BCUT2D eigenvalue weighted by molar-refractivity contribution is 0.0690. The predicted octanol–water partition coefficient (Wildman–Crippen LogP) is 2.86. The summed E-state index contributed by atoms with van der Waals surface area (Å²) in [5.74, 6) is -0.237. The van der Waals surface area contributed by atoms with Crippen LogP contribution >= 0.6 is 15.9 Å². The van der Waals surface area contributed by atoms with Crippen molar-refractivity contribution in [3.8, 4) is 17.0 Å². The molecule has 0 radical (unpaired) electrons. The van der Waals surface area contributed by atoms with E-state index in [0.717, 1.165) is 27.8 Å². The SMILES string of the molecule is CC1Cc2cc(Br)cc(-c3cc(C(=O)O)[nH]n3)c2O1. The summed E-state index contributed by atoms with van der Waals surface area (Å²) in [7, 11) is 0. The summed E-state index contributed by atoms with van der Waals surface area (Å²) in [6, 6.07) is 5.42. The Morgan fingerprint density at radius 2 is 2.32 bits per heavy atom. The van der Waals surface area contributed by atoms with Gasteiger partial charge in [-0.3, -0.25) is 5.10 Å². The van der Waals surface area contributed by atoms with Gasteiger partial charge in [-0.1, -0.05) is 15.9 Å². The Morgan fingerprint density at radius 1 is 1.53 bits per heavy atom. The number of nitrogens with one attached hydrogen (secondary N) is 1. The fourth-order valence-corrected chi connectivity index (χ4v) is 2.76. The first-order chi connectivity index (χ1) is 9.04. The Bertz CT molecular complexity index is 666. The van der Waals surface area contributed by atoms with E-state index in [9.17, 15) is 4.79 Å². The quantitative estimate of drug-likeness (QED) is 0.891. The summed E-state index contributed by atoms with van der Waals surface area (Å²) in [6.45, 7) is 2.00. The van der Waals surface area contributed by atoms with Crippen molar-refractivity contribution in [1.82, 2.24) is 10.2 Å². The Morgan fingerprint density at radius 3 is 3.00 bits per heavy atom. The molecule has 3 rings (SSSR count). The molecule has 1 aromatic carbocycles. The Hall–Kier alpha value is -1.82. The van der Waals surface area contributed by atoms with E-state index >= 15 is 0 Å². The Balaban J connectivity index is 2.12. The van der Waals surface area contributed by atoms with E-state index in [1.807, 2.05) is 19.1 Å². The van der Waals surface area contributed by atoms with Crippen molar-refractivity contribution >= 4 is 21.9 Å². The maximum atomic E-state index is 10.9. The van der Waals surface area contributed by atoms with Crippen molar-refractivity contribution in [3.63, 3.8) is 0 Å². The third-order valence-corrected chi connectivity index (χ3v) is 3.50. The highest BCUT2D eigenvalue weighted by molar-refractivity contribution is 9.10. The van der Waals surface area contributed by atoms with Crippen molar-refractivity contribution in [3.05, 3.63) is 33.9 Å². The molecule has 0 fully saturated rings. The van der Waals surface area contributed by atoms with Crippen LogP contribution in [-0.2, 0) is 6.42 Å². The van der Waals surface area contributed by atoms with Crippen LogP contribution in [0.2, 0.25) is 0 Å². The van der Waals surface area contributed by atoms with Crippen molar-refractivity contribution in [2.24, 2.45) is 0 Å². The van der Waals surface area contributed by atoms with E-state index in [4.69, 9.17) is 9.84 Å². The lowest BCUT2D eigenvalue weighted by Crippen LogP contribution is -2.05. The average Bonchev–Trinajstić information content (AvgIpc) is 2.93. The number of fused-ring (bicyclic) bond motifs is 1. The summed E-state index contributed by atoms with van der Waals surface area (Å²) < 4.78 is 6.72. The number of benzene rings is 1. The summed E-state index contributed by atoms with van der Waals surface area (Å²) in [6.07, 6.45) is 0.971. The highest BCUT2D eigenvalue weighted by Gasteiger charge is 2.25. The number of carboxylic acid groups (broad SMARTS) is 1. The number of aromatic nitrogens is 2. The summed E-state index contributed by atoms with van der Waals surface area (Å²) >= 11 is 3.46. The number of carbonyl (C=O) groups is 1. The molecule has 2 N–H and O–H groups in total. The summed E-state index contributed by atoms with van der Waals surface area (Å²) in [5.41, 5.74) is 2.55. The molecule has 0 aliphatic carbocycles. The number of hydrogen-bond acceptors (Lipinski definition) is 3. The second-order valence-corrected chi connectivity index (χ2v) is 5.46. The smallest absolute Gasteiger partial charge is 0.353 e. The molecule has 2 heterocycles. The zero-order valence-electron chi connectivity index (χ0n) is 10.1. The minimum atomic E-state index is -1.03. The van der Waals surface area contributed by atoms with E-state index in [-0.39, 0.29) is 11.8 Å². The maximum absolute atomic E-state index is 10.9. The third kappa shape index (κ3) is 2.12. The molecule has 98 valence electrons. The number of ether oxygens (including phenoxy) is 1. The van der Waals surface area contributed by atoms with Crippen LogP contribution in [0.15, 0.2) is 22.7 Å². The Kier molecular flexibility index (Phi) is 2.82. The summed E-state index contributed by atoms with van der Waals surface area (Å²) in [4.78, 5) is 10.9. The van der Waals surface area contributed by atoms with Gasteiger partial charge in [-0.15, -0.1) is 0 Å². The van der Waals surface area contributed by atoms with Crippen LogP contribution in [-0.4, -0.2) is 27.4 Å². The second kappa shape index (κ2) is 4.38. The number of rotatable bonds is 2. The van der Waals surface area contributed by atoms with Gasteiger partial charge in [0.25, 0.3) is 0 Å². The van der Waals surface area contributed by atoms with E-state index in [1.54, 1.807) is 0 Å². The van der Waals surface area contributed by atoms with Gasteiger partial charge in [-0.2, -0.15) is 5.10 Å². The van der Waals surface area contributed by atoms with E-state index < -0.39 is 5.97 Å². The maximum Gasteiger partial charge on any atom is 0.353 e. The van der Waals surface area contributed by atoms with E-state index in [1.165, 1.54) is 6.07 Å². The van der Waals surface area contributed by atoms with Crippen LogP contribution in [0.3, 0.4) is 0 Å². The van der Waals surface area contributed by atoms with Crippen LogP contribution in [0.4, 0.5) is 0 Å². The Labute approximate surface area is 117 Å². The minimum absolute atomic E-state index is 0.0646. The standard InChI is InChI=1S/C13H11BrN2O3/c1-6-2-7-3-8(14)4-9(12(7)19-6)10-5-11(13(17)18)16-15-10/h3-6H,2H2,1H3,(H,15,16)(H,17,18). The van der Waals surface area contributed by atoms with Crippen molar-refractivity contribution in [2.75, 3.05) is 0 Å². The fourth-order valence-electron chi connectivity index (χ4n) is 2.25. The van der Waals surface area contributed by atoms with Crippen LogP contribution < -0.4 is 4.74 Å². The molecule has 0 spiro atoms. The molecule has 0 amide bonds. The zero-order valence-corrected chi connectivity index (χ0v) is 11.7. The number of aromatic carboxylic acids is 1. The molecular weight excluding hydrogens is 312 g/mol. The fraction of sp³-hybridized carbons (Fsp3) is 0.231. The number of aromatic amines is 1. The van der Waals surface area contributed by atoms with Crippen molar-refractivity contribution < 1.29 is 14.6 Å². The molecule has 1 aromatic heterocycles. The molecule has 2 aromatic rings. The van der Waals surface area contributed by atoms with Gasteiger partial charge in [0, 0.05) is 16.5 Å². The normalized spacial score (nSPS) is 17.1. The number of hydrogen-bond donors (Lipinski definition) is 2. The molecule has 1 unspecified atom stereocenters. The van der Waals surface area contributed by atoms with Gasteiger partial charge in [-0.05, 0) is 30.7 Å². The average molecular weight is 323 g/mol. The number of H-pyrrole nitrogens is 1. The van der Waals surface area contributed by atoms with Crippen molar-refractivity contribution in [2.45, 2.75) is 19.4 Å². The van der Waals surface area contributed by atoms with Crippen LogP contribution in [0, 0.1) is 0 Å². The molecule has 19 heavy (non-hydrogen) atoms. The lowest BCUT2D eigenvalue weighted by atomic mass is 10.0. The number of carboxylic acids is 1. The third-order valence-electron chi connectivity index (χ3n) is 3.04. The molecule has 1 aliphatic heterocycles. The van der Waals surface area contributed by atoms with Gasteiger partial charge in [0.2, 0.25) is 0 Å². The lowest BCUT2D eigenvalue weighted by Gasteiger charge is -2.08. The first kappa shape index (κ1) is 12.2. The molecule has 1 atom stereocenters. The highest BCUT2D eigenvalue weighted by atomic mass is 79.9. The van der Waals surface area contributed by atoms with Crippen LogP contribution in [0.25, 0.3) is 11.3 Å². The zero-order chi connectivity index (χ0) is 13.6.